The summed E-state index contributed by atoms with van der Waals surface area (Å²) in [7, 11) is 0. The molecule has 0 spiro atoms. The third-order valence-corrected chi connectivity index (χ3v) is 8.97. The van der Waals surface area contributed by atoms with Crippen molar-refractivity contribution in [1.29, 1.82) is 0 Å². The average molecular weight is 345 g/mol. The number of hydrogen-bond donors (Lipinski definition) is 0. The topological polar surface area (TPSA) is 26.3 Å². The summed E-state index contributed by atoms with van der Waals surface area (Å²) in [5.41, 5.74) is 4.69. The summed E-state index contributed by atoms with van der Waals surface area (Å²) in [5.74, 6) is 2.42. The minimum absolute atomic E-state index is 0.102. The zero-order valence-electron chi connectivity index (χ0n) is 16.7. The number of fused-ring (bicyclic) bond motifs is 4. The van der Waals surface area contributed by atoms with Gasteiger partial charge in [0.2, 0.25) is 0 Å². The zero-order valence-corrected chi connectivity index (χ0v) is 16.7. The normalized spacial score (nSPS) is 46.2. The van der Waals surface area contributed by atoms with Gasteiger partial charge in [-0.25, -0.2) is 0 Å². The van der Waals surface area contributed by atoms with Gasteiger partial charge in [0.25, 0.3) is 0 Å². The second-order valence-electron chi connectivity index (χ2n) is 9.90. The van der Waals surface area contributed by atoms with E-state index >= 15 is 0 Å². The Bertz CT molecular complexity index is 591. The molecule has 25 heavy (non-hydrogen) atoms. The average Bonchev–Trinajstić information content (AvgIpc) is 2.91. The molecule has 2 unspecified atom stereocenters. The highest BCUT2D eigenvalue weighted by Crippen LogP contribution is 2.65. The molecule has 6 atom stereocenters. The number of rotatable bonds is 2. The molecule has 0 aromatic rings. The molecule has 0 aromatic carbocycles. The van der Waals surface area contributed by atoms with Crippen LogP contribution in [-0.4, -0.2) is 12.1 Å². The number of hydrogen-bond acceptors (Lipinski definition) is 2. The van der Waals surface area contributed by atoms with Crippen LogP contribution in [-0.2, 0) is 9.53 Å². The molecule has 0 N–H and O–H groups in total. The van der Waals surface area contributed by atoms with Crippen LogP contribution >= 0.6 is 0 Å². The van der Waals surface area contributed by atoms with Crippen molar-refractivity contribution in [2.24, 2.45) is 28.6 Å². The van der Waals surface area contributed by atoms with Crippen molar-refractivity contribution in [2.75, 3.05) is 0 Å². The zero-order chi connectivity index (χ0) is 17.8. The van der Waals surface area contributed by atoms with Gasteiger partial charge in [-0.2, -0.15) is 0 Å². The molecule has 0 radical (unpaired) electrons. The summed E-state index contributed by atoms with van der Waals surface area (Å²) in [6, 6.07) is 0. The van der Waals surface area contributed by atoms with Gasteiger partial charge >= 0.3 is 5.97 Å². The lowest BCUT2D eigenvalue weighted by molar-refractivity contribution is -0.150. The lowest BCUT2D eigenvalue weighted by Crippen LogP contribution is -2.45. The molecule has 0 amide bonds. The Hall–Kier alpha value is -0.790. The van der Waals surface area contributed by atoms with Crippen molar-refractivity contribution in [2.45, 2.75) is 98.0 Å². The second kappa shape index (κ2) is 6.13. The van der Waals surface area contributed by atoms with Gasteiger partial charge in [0.15, 0.2) is 0 Å². The second-order valence-corrected chi connectivity index (χ2v) is 9.90. The summed E-state index contributed by atoms with van der Waals surface area (Å²) in [4.78, 5) is 11.4. The van der Waals surface area contributed by atoms with Crippen LogP contribution in [0.1, 0.15) is 91.9 Å². The number of allylic oxidation sites excluding steroid dienone is 2. The lowest BCUT2D eigenvalue weighted by atomic mass is 9.51. The minimum Gasteiger partial charge on any atom is -0.463 e. The first kappa shape index (κ1) is 17.6. The molecule has 4 aliphatic carbocycles. The van der Waals surface area contributed by atoms with E-state index in [2.05, 4.69) is 20.8 Å². The lowest BCUT2D eigenvalue weighted by Gasteiger charge is -2.55. The Morgan fingerprint density at radius 1 is 1.12 bits per heavy atom. The Balaban J connectivity index is 1.61. The van der Waals surface area contributed by atoms with E-state index in [1.165, 1.54) is 51.4 Å². The van der Waals surface area contributed by atoms with Crippen LogP contribution in [0.4, 0.5) is 0 Å². The molecular weight excluding hydrogens is 308 g/mol. The maximum atomic E-state index is 11.4. The van der Waals surface area contributed by atoms with Crippen LogP contribution in [0.25, 0.3) is 0 Å². The van der Waals surface area contributed by atoms with Crippen LogP contribution in [0.2, 0.25) is 0 Å². The van der Waals surface area contributed by atoms with Crippen LogP contribution in [0.5, 0.6) is 0 Å². The fraction of sp³-hybridized carbons (Fsp3) is 0.870. The van der Waals surface area contributed by atoms with Gasteiger partial charge in [-0.3, -0.25) is 4.79 Å². The van der Waals surface area contributed by atoms with Crippen molar-refractivity contribution >= 4 is 5.97 Å². The molecule has 0 bridgehead atoms. The molecule has 4 rings (SSSR count). The Morgan fingerprint density at radius 3 is 2.64 bits per heavy atom. The van der Waals surface area contributed by atoms with Crippen LogP contribution in [0.3, 0.4) is 0 Å². The van der Waals surface area contributed by atoms with Crippen molar-refractivity contribution in [3.05, 3.63) is 11.1 Å². The molecule has 140 valence electrons. The molecule has 2 fully saturated rings. The van der Waals surface area contributed by atoms with E-state index < -0.39 is 0 Å². The van der Waals surface area contributed by atoms with Crippen molar-refractivity contribution in [3.8, 4) is 0 Å². The molecule has 4 aliphatic rings. The smallest absolute Gasteiger partial charge is 0.302 e. The van der Waals surface area contributed by atoms with Gasteiger partial charge in [0.05, 0.1) is 0 Å². The molecule has 2 nitrogen and oxygen atoms in total. The summed E-state index contributed by atoms with van der Waals surface area (Å²) in [5, 5.41) is 0. The molecule has 2 saturated carbocycles. The highest BCUT2D eigenvalue weighted by atomic mass is 16.5. The maximum Gasteiger partial charge on any atom is 0.302 e. The van der Waals surface area contributed by atoms with Gasteiger partial charge in [-0.15, -0.1) is 0 Å². The van der Waals surface area contributed by atoms with Crippen molar-refractivity contribution in [1.82, 2.24) is 0 Å². The SMILES string of the molecule is CCC1CCC2C3=C(CC[C@]12C)[C@@]1(C)CC[C@@H](OC(C)=O)C[C@H]1CC3. The van der Waals surface area contributed by atoms with Gasteiger partial charge in [0.1, 0.15) is 6.10 Å². The quantitative estimate of drug-likeness (QED) is 0.450. The number of ether oxygens (including phenoxy) is 1. The van der Waals surface area contributed by atoms with E-state index in [-0.39, 0.29) is 12.1 Å². The molecular formula is C23H36O2. The fourth-order valence-corrected chi connectivity index (χ4v) is 7.54. The third kappa shape index (κ3) is 2.61. The van der Waals surface area contributed by atoms with Crippen LogP contribution in [0, 0.1) is 28.6 Å². The molecule has 2 heteroatoms. The van der Waals surface area contributed by atoms with E-state index in [0.29, 0.717) is 10.8 Å². The first-order valence-electron chi connectivity index (χ1n) is 10.8. The van der Waals surface area contributed by atoms with E-state index in [1.54, 1.807) is 6.92 Å². The number of carbonyl (C=O) groups excluding carboxylic acids is 1. The van der Waals surface area contributed by atoms with E-state index in [9.17, 15) is 4.79 Å². The number of esters is 1. The highest BCUT2D eigenvalue weighted by molar-refractivity contribution is 5.66. The van der Waals surface area contributed by atoms with Crippen molar-refractivity contribution < 1.29 is 9.53 Å². The van der Waals surface area contributed by atoms with Crippen LogP contribution < -0.4 is 0 Å². The molecule has 0 saturated heterocycles. The van der Waals surface area contributed by atoms with Gasteiger partial charge in [-0.1, -0.05) is 38.3 Å². The van der Waals surface area contributed by atoms with E-state index in [1.807, 2.05) is 11.1 Å². The minimum atomic E-state index is -0.102. The first-order valence-corrected chi connectivity index (χ1v) is 10.8. The monoisotopic (exact) mass is 344 g/mol. The fourth-order valence-electron chi connectivity index (χ4n) is 7.54. The Morgan fingerprint density at radius 2 is 1.92 bits per heavy atom. The summed E-state index contributed by atoms with van der Waals surface area (Å²) >= 11 is 0. The Labute approximate surface area is 153 Å². The maximum absolute atomic E-state index is 11.4. The highest BCUT2D eigenvalue weighted by Gasteiger charge is 2.54. The van der Waals surface area contributed by atoms with Crippen molar-refractivity contribution in [3.63, 3.8) is 0 Å². The van der Waals surface area contributed by atoms with Gasteiger partial charge in [-0.05, 0) is 86.4 Å². The predicted octanol–water partition coefficient (Wildman–Crippen LogP) is 6.05. The molecule has 0 aliphatic heterocycles. The largest absolute Gasteiger partial charge is 0.463 e. The van der Waals surface area contributed by atoms with Gasteiger partial charge < -0.3 is 4.74 Å². The number of carbonyl (C=O) groups is 1. The summed E-state index contributed by atoms with van der Waals surface area (Å²) in [6.45, 7) is 9.11. The summed E-state index contributed by atoms with van der Waals surface area (Å²) < 4.78 is 5.58. The Kier molecular flexibility index (Phi) is 4.32. The van der Waals surface area contributed by atoms with E-state index in [4.69, 9.17) is 4.74 Å². The molecule has 0 heterocycles. The third-order valence-electron chi connectivity index (χ3n) is 8.97. The van der Waals surface area contributed by atoms with Crippen LogP contribution in [0.15, 0.2) is 11.1 Å². The first-order chi connectivity index (χ1) is 11.9. The predicted molar refractivity (Wildman–Crippen MR) is 101 cm³/mol. The summed E-state index contributed by atoms with van der Waals surface area (Å²) in [6.07, 6.45) is 13.2. The molecule has 0 aromatic heterocycles. The standard InChI is InChI=1S/C23H36O2/c1-5-16-7-9-20-19-8-6-17-14-18(25-15(2)24)10-12-23(17,4)21(19)11-13-22(16,20)3/h16-18,20H,5-14H2,1-4H3/t16?,17-,18-,20?,22-,23+/m1/s1. The van der Waals surface area contributed by atoms with Gasteiger partial charge in [0, 0.05) is 6.92 Å². The van der Waals surface area contributed by atoms with E-state index in [0.717, 1.165) is 30.6 Å².